The van der Waals surface area contributed by atoms with Gasteiger partial charge in [-0.15, -0.1) is 10.2 Å². The molecule has 142 valence electrons. The normalized spacial score (nSPS) is 13.2. The van der Waals surface area contributed by atoms with E-state index in [-0.39, 0.29) is 5.56 Å². The molecule has 0 fully saturated rings. The van der Waals surface area contributed by atoms with Crippen molar-refractivity contribution in [1.82, 2.24) is 14.9 Å². The highest BCUT2D eigenvalue weighted by molar-refractivity contribution is 7.99. The minimum absolute atomic E-state index is 0.302. The summed E-state index contributed by atoms with van der Waals surface area (Å²) in [5.41, 5.74) is 1.77. The molecular formula is C21H14N4O3S. The lowest BCUT2D eigenvalue weighted by Gasteiger charge is -2.15. The van der Waals surface area contributed by atoms with E-state index in [0.717, 1.165) is 10.9 Å². The number of aromatic nitrogens is 3. The molecule has 5 rings (SSSR count). The lowest BCUT2D eigenvalue weighted by molar-refractivity contribution is 0.558. The Balaban J connectivity index is 1.59. The number of para-hydroxylation sites is 1. The van der Waals surface area contributed by atoms with Crippen molar-refractivity contribution in [2.24, 2.45) is 5.10 Å². The highest BCUT2D eigenvalue weighted by Gasteiger charge is 2.22. The first-order chi connectivity index (χ1) is 14.2. The van der Waals surface area contributed by atoms with Crippen LogP contribution in [0.25, 0.3) is 11.0 Å². The van der Waals surface area contributed by atoms with Crippen molar-refractivity contribution in [2.45, 2.75) is 11.6 Å². The van der Waals surface area contributed by atoms with E-state index in [0.29, 0.717) is 39.9 Å². The van der Waals surface area contributed by atoms with Gasteiger partial charge in [0.2, 0.25) is 5.16 Å². The molecule has 29 heavy (non-hydrogen) atoms. The summed E-state index contributed by atoms with van der Waals surface area (Å²) < 4.78 is 6.63. The highest BCUT2D eigenvalue weighted by atomic mass is 32.2. The van der Waals surface area contributed by atoms with E-state index >= 15 is 0 Å². The molecule has 0 radical (unpaired) electrons. The third-order valence-corrected chi connectivity index (χ3v) is 5.53. The van der Waals surface area contributed by atoms with E-state index in [2.05, 4.69) is 15.3 Å². The molecule has 0 amide bonds. The van der Waals surface area contributed by atoms with Crippen molar-refractivity contribution in [3.05, 3.63) is 98.3 Å². The third kappa shape index (κ3) is 3.27. The lowest BCUT2D eigenvalue weighted by atomic mass is 10.1. The van der Waals surface area contributed by atoms with Crippen molar-refractivity contribution in [3.63, 3.8) is 0 Å². The molecule has 3 heterocycles. The maximum atomic E-state index is 12.9. The molecule has 2 aromatic heterocycles. The van der Waals surface area contributed by atoms with Gasteiger partial charge in [-0.05, 0) is 17.7 Å². The molecule has 0 atom stereocenters. The summed E-state index contributed by atoms with van der Waals surface area (Å²) in [5.74, 6) is 0.398. The average Bonchev–Trinajstić information content (AvgIpc) is 2.76. The SMILES string of the molecule is O=c1oc2ccccc2cc1C1=Nn2c(nnc(Cc3ccccc3)c2=O)SC1. The highest BCUT2D eigenvalue weighted by Crippen LogP contribution is 2.22. The Morgan fingerprint density at radius 1 is 1.00 bits per heavy atom. The van der Waals surface area contributed by atoms with Crippen molar-refractivity contribution in [3.8, 4) is 0 Å². The van der Waals surface area contributed by atoms with Gasteiger partial charge in [-0.25, -0.2) is 4.79 Å². The number of fused-ring (bicyclic) bond motifs is 2. The van der Waals surface area contributed by atoms with Gasteiger partial charge in [0.15, 0.2) is 0 Å². The Morgan fingerprint density at radius 2 is 1.79 bits per heavy atom. The summed E-state index contributed by atoms with van der Waals surface area (Å²) in [4.78, 5) is 25.4. The molecule has 7 nitrogen and oxygen atoms in total. The molecule has 0 unspecified atom stereocenters. The predicted molar refractivity (Wildman–Crippen MR) is 111 cm³/mol. The zero-order valence-electron chi connectivity index (χ0n) is 15.1. The summed E-state index contributed by atoms with van der Waals surface area (Å²) >= 11 is 1.31. The molecule has 1 aliphatic heterocycles. The van der Waals surface area contributed by atoms with E-state index in [1.165, 1.54) is 16.4 Å². The van der Waals surface area contributed by atoms with Gasteiger partial charge in [-0.1, -0.05) is 60.3 Å². The van der Waals surface area contributed by atoms with Crippen molar-refractivity contribution in [2.75, 3.05) is 5.75 Å². The molecule has 0 spiro atoms. The molecule has 0 aliphatic carbocycles. The number of nitrogens with zero attached hydrogens (tertiary/aromatic N) is 4. The van der Waals surface area contributed by atoms with Crippen LogP contribution in [0.3, 0.4) is 0 Å². The Morgan fingerprint density at radius 3 is 2.66 bits per heavy atom. The van der Waals surface area contributed by atoms with Crippen LogP contribution < -0.4 is 11.2 Å². The molecule has 0 saturated heterocycles. The second-order valence-electron chi connectivity index (χ2n) is 6.53. The van der Waals surface area contributed by atoms with Gasteiger partial charge >= 0.3 is 5.63 Å². The first-order valence-corrected chi connectivity index (χ1v) is 9.94. The maximum absolute atomic E-state index is 12.9. The number of hydrogen-bond acceptors (Lipinski definition) is 7. The van der Waals surface area contributed by atoms with Gasteiger partial charge in [-0.3, -0.25) is 4.79 Å². The summed E-state index contributed by atoms with van der Waals surface area (Å²) in [6, 6.07) is 18.6. The molecule has 0 saturated carbocycles. The minimum Gasteiger partial charge on any atom is -0.422 e. The Hall–Kier alpha value is -3.52. The number of thioether (sulfide) groups is 1. The standard InChI is InChI=1S/C21H14N4O3S/c26-19-16(10-13-6-2-1-3-7-13)22-23-21-25(19)24-17(12-29-21)15-11-14-8-4-5-9-18(14)28-20(15)27/h1-9,11H,10,12H2. The lowest BCUT2D eigenvalue weighted by Crippen LogP contribution is -2.31. The molecular weight excluding hydrogens is 388 g/mol. The van der Waals surface area contributed by atoms with Gasteiger partial charge in [0.05, 0.1) is 11.3 Å². The topological polar surface area (TPSA) is 90.3 Å². The van der Waals surface area contributed by atoms with Gasteiger partial charge in [0.25, 0.3) is 5.56 Å². The smallest absolute Gasteiger partial charge is 0.345 e. The molecule has 0 bridgehead atoms. The summed E-state index contributed by atoms with van der Waals surface area (Å²) in [6.45, 7) is 0. The van der Waals surface area contributed by atoms with E-state index in [1.54, 1.807) is 12.1 Å². The zero-order valence-corrected chi connectivity index (χ0v) is 15.9. The number of hydrogen-bond donors (Lipinski definition) is 0. The van der Waals surface area contributed by atoms with Crippen molar-refractivity contribution >= 4 is 28.4 Å². The second-order valence-corrected chi connectivity index (χ2v) is 7.47. The third-order valence-electron chi connectivity index (χ3n) is 4.60. The van der Waals surface area contributed by atoms with Crippen LogP contribution in [0, 0.1) is 0 Å². The van der Waals surface area contributed by atoms with Crippen LogP contribution in [-0.4, -0.2) is 26.3 Å². The van der Waals surface area contributed by atoms with Gasteiger partial charge in [-0.2, -0.15) is 9.78 Å². The monoisotopic (exact) mass is 402 g/mol. The Kier molecular flexibility index (Phi) is 4.33. The van der Waals surface area contributed by atoms with Crippen LogP contribution in [0.2, 0.25) is 0 Å². The second kappa shape index (κ2) is 7.14. The van der Waals surface area contributed by atoms with E-state index < -0.39 is 5.63 Å². The van der Waals surface area contributed by atoms with Crippen LogP contribution >= 0.6 is 11.8 Å². The van der Waals surface area contributed by atoms with Crippen LogP contribution in [0.5, 0.6) is 0 Å². The Labute approximate surface area is 168 Å². The average molecular weight is 402 g/mol. The fraction of sp³-hybridized carbons (Fsp3) is 0.0952. The van der Waals surface area contributed by atoms with E-state index in [4.69, 9.17) is 4.42 Å². The minimum atomic E-state index is -0.480. The molecule has 0 N–H and O–H groups in total. The van der Waals surface area contributed by atoms with E-state index in [9.17, 15) is 9.59 Å². The fourth-order valence-electron chi connectivity index (χ4n) is 3.15. The molecule has 2 aromatic carbocycles. The van der Waals surface area contributed by atoms with Gasteiger partial charge in [0, 0.05) is 17.6 Å². The Bertz CT molecular complexity index is 1380. The molecule has 1 aliphatic rings. The van der Waals surface area contributed by atoms with Crippen LogP contribution in [0.4, 0.5) is 0 Å². The molecule has 8 heteroatoms. The fourth-order valence-corrected chi connectivity index (χ4v) is 3.98. The van der Waals surface area contributed by atoms with Crippen LogP contribution in [-0.2, 0) is 6.42 Å². The van der Waals surface area contributed by atoms with E-state index in [1.807, 2.05) is 48.5 Å². The van der Waals surface area contributed by atoms with Crippen molar-refractivity contribution < 1.29 is 4.42 Å². The van der Waals surface area contributed by atoms with Crippen LogP contribution in [0.15, 0.2) is 84.9 Å². The first kappa shape index (κ1) is 17.6. The largest absolute Gasteiger partial charge is 0.422 e. The summed E-state index contributed by atoms with van der Waals surface area (Å²) in [5, 5.41) is 13.9. The number of rotatable bonds is 3. The van der Waals surface area contributed by atoms with Crippen LogP contribution in [0.1, 0.15) is 16.8 Å². The first-order valence-electron chi connectivity index (χ1n) is 8.95. The predicted octanol–water partition coefficient (Wildman–Crippen LogP) is 2.69. The molecule has 4 aromatic rings. The summed E-state index contributed by atoms with van der Waals surface area (Å²) in [7, 11) is 0. The maximum Gasteiger partial charge on any atom is 0.345 e. The quantitative estimate of drug-likeness (QED) is 0.490. The zero-order chi connectivity index (χ0) is 19.8. The summed E-state index contributed by atoms with van der Waals surface area (Å²) in [6.07, 6.45) is 0.362. The van der Waals surface area contributed by atoms with Gasteiger partial charge in [0.1, 0.15) is 11.3 Å². The van der Waals surface area contributed by atoms with Gasteiger partial charge < -0.3 is 4.42 Å². The number of benzene rings is 2. The van der Waals surface area contributed by atoms with Crippen molar-refractivity contribution in [1.29, 1.82) is 0 Å².